The topological polar surface area (TPSA) is 51.6 Å². The van der Waals surface area contributed by atoms with E-state index in [1.807, 2.05) is 24.3 Å². The monoisotopic (exact) mass is 816 g/mol. The Kier molecular flexibility index (Phi) is 8.91. The summed E-state index contributed by atoms with van der Waals surface area (Å²) in [5, 5.41) is 7.31. The zero-order valence-corrected chi connectivity index (χ0v) is 35.8. The van der Waals surface area contributed by atoms with Gasteiger partial charge in [-0.25, -0.2) is 19.9 Å². The molecule has 0 aliphatic carbocycles. The zero-order valence-electron chi connectivity index (χ0n) is 35.8. The van der Waals surface area contributed by atoms with Gasteiger partial charge in [-0.15, -0.1) is 0 Å². The van der Waals surface area contributed by atoms with Crippen LogP contribution in [0.4, 0.5) is 0 Å². The Hall–Kier alpha value is -8.02. The van der Waals surface area contributed by atoms with Crippen LogP contribution < -0.4 is 16.4 Å². The maximum absolute atomic E-state index is 5.42. The highest BCUT2D eigenvalue weighted by Gasteiger charge is 2.34. The number of rotatable bonds is 7. The van der Waals surface area contributed by atoms with Crippen molar-refractivity contribution in [3.63, 3.8) is 0 Å². The number of aromatic nitrogens is 4. The third kappa shape index (κ3) is 6.23. The molecular formula is C59H41BN4. The second kappa shape index (κ2) is 15.1. The van der Waals surface area contributed by atoms with Gasteiger partial charge in [-0.2, -0.15) is 0 Å². The van der Waals surface area contributed by atoms with E-state index in [2.05, 4.69) is 191 Å². The molecule has 64 heavy (non-hydrogen) atoms. The molecule has 0 atom stereocenters. The second-order valence-electron chi connectivity index (χ2n) is 17.1. The van der Waals surface area contributed by atoms with Crippen molar-refractivity contribution < 1.29 is 0 Å². The fraction of sp³-hybridized carbons (Fsp3) is 0.0508. The standard InChI is InChI=1S/C59H41BN4/c1-36-30-37(2)57(38(3)31-36)60-48-28-16-26-44-46(52-34-50(39-18-8-4-9-19-39)61-58(63-52)41-22-12-6-13-23-41)32-43-33-47(45-27-17-29-49(60)56(45)54(43)55(44)48)53-35-51(40-20-10-5-11-21-40)62-59(64-53)42-24-14-7-15-25-42/h4-35H,1-3H3. The third-order valence-electron chi connectivity index (χ3n) is 13.0. The van der Waals surface area contributed by atoms with E-state index in [1.165, 1.54) is 60.0 Å². The van der Waals surface area contributed by atoms with E-state index in [1.54, 1.807) is 0 Å². The summed E-state index contributed by atoms with van der Waals surface area (Å²) in [6.07, 6.45) is 0. The van der Waals surface area contributed by atoms with Crippen molar-refractivity contribution in [1.29, 1.82) is 0 Å². The Morgan fingerprint density at radius 1 is 0.344 bits per heavy atom. The van der Waals surface area contributed by atoms with Gasteiger partial charge in [0, 0.05) is 33.4 Å². The first-order valence-electron chi connectivity index (χ1n) is 22.0. The van der Waals surface area contributed by atoms with Crippen LogP contribution >= 0.6 is 0 Å². The normalized spacial score (nSPS) is 12.0. The number of hydrogen-bond acceptors (Lipinski definition) is 4. The van der Waals surface area contributed by atoms with Crippen LogP contribution in [0.1, 0.15) is 16.7 Å². The van der Waals surface area contributed by atoms with Gasteiger partial charge in [0.25, 0.3) is 0 Å². The minimum Gasteiger partial charge on any atom is -0.228 e. The summed E-state index contributed by atoms with van der Waals surface area (Å²) in [6.45, 7) is 6.76. The number of nitrogens with zero attached hydrogens (tertiary/aromatic N) is 4. The van der Waals surface area contributed by atoms with E-state index in [0.717, 1.165) is 61.5 Å². The molecule has 4 nitrogen and oxygen atoms in total. The molecule has 0 amide bonds. The van der Waals surface area contributed by atoms with Crippen molar-refractivity contribution in [1.82, 2.24) is 19.9 Å². The Morgan fingerprint density at radius 2 is 0.734 bits per heavy atom. The first kappa shape index (κ1) is 37.7. The summed E-state index contributed by atoms with van der Waals surface area (Å²) in [6, 6.07) is 69.1. The maximum Gasteiger partial charge on any atom is 0.243 e. The minimum absolute atomic E-state index is 0.00418. The quantitative estimate of drug-likeness (QED) is 0.119. The molecule has 0 saturated carbocycles. The highest BCUT2D eigenvalue weighted by molar-refractivity contribution is 7.00. The summed E-state index contributed by atoms with van der Waals surface area (Å²) in [7, 11) is 0. The molecule has 0 fully saturated rings. The molecule has 9 aromatic carbocycles. The molecular weight excluding hydrogens is 775 g/mol. The summed E-state index contributed by atoms with van der Waals surface area (Å²) < 4.78 is 0. The van der Waals surface area contributed by atoms with Gasteiger partial charge in [-0.05, 0) is 77.4 Å². The van der Waals surface area contributed by atoms with Gasteiger partial charge in [-0.3, -0.25) is 0 Å². The van der Waals surface area contributed by atoms with Gasteiger partial charge in [0.2, 0.25) is 6.71 Å². The molecule has 1 aliphatic rings. The molecule has 0 bridgehead atoms. The summed E-state index contributed by atoms with van der Waals surface area (Å²) in [5.74, 6) is 1.39. The van der Waals surface area contributed by atoms with Crippen molar-refractivity contribution in [2.45, 2.75) is 20.8 Å². The Balaban J connectivity index is 1.22. The fourth-order valence-corrected chi connectivity index (χ4v) is 10.4. The predicted molar refractivity (Wildman–Crippen MR) is 268 cm³/mol. The molecule has 0 unspecified atom stereocenters. The summed E-state index contributed by atoms with van der Waals surface area (Å²) in [5.41, 5.74) is 17.6. The van der Waals surface area contributed by atoms with Crippen molar-refractivity contribution in [3.8, 4) is 67.8 Å². The van der Waals surface area contributed by atoms with Crippen LogP contribution in [0.5, 0.6) is 0 Å². The molecule has 12 rings (SSSR count). The van der Waals surface area contributed by atoms with Crippen LogP contribution in [-0.2, 0) is 0 Å². The molecule has 0 spiro atoms. The molecule has 3 heterocycles. The predicted octanol–water partition coefficient (Wildman–Crippen LogP) is 12.5. The van der Waals surface area contributed by atoms with Crippen LogP contribution in [0, 0.1) is 20.8 Å². The van der Waals surface area contributed by atoms with Gasteiger partial charge in [0.05, 0.1) is 22.8 Å². The highest BCUT2D eigenvalue weighted by atomic mass is 14.9. The Morgan fingerprint density at radius 3 is 1.16 bits per heavy atom. The van der Waals surface area contributed by atoms with Crippen LogP contribution in [0.3, 0.4) is 0 Å². The van der Waals surface area contributed by atoms with Crippen LogP contribution in [0.2, 0.25) is 0 Å². The van der Waals surface area contributed by atoms with Gasteiger partial charge in [0.15, 0.2) is 11.6 Å². The first-order valence-corrected chi connectivity index (χ1v) is 22.0. The molecule has 1 aliphatic heterocycles. The van der Waals surface area contributed by atoms with Crippen LogP contribution in [0.25, 0.3) is 100 Å². The van der Waals surface area contributed by atoms with E-state index in [-0.39, 0.29) is 6.71 Å². The zero-order chi connectivity index (χ0) is 42.9. The smallest absolute Gasteiger partial charge is 0.228 e. The van der Waals surface area contributed by atoms with Gasteiger partial charge in [-0.1, -0.05) is 203 Å². The lowest BCUT2D eigenvalue weighted by Gasteiger charge is -2.30. The maximum atomic E-state index is 5.42. The summed E-state index contributed by atoms with van der Waals surface area (Å²) >= 11 is 0. The van der Waals surface area contributed by atoms with Gasteiger partial charge in [0.1, 0.15) is 0 Å². The van der Waals surface area contributed by atoms with Gasteiger partial charge >= 0.3 is 0 Å². The van der Waals surface area contributed by atoms with E-state index in [4.69, 9.17) is 19.9 Å². The molecule has 5 heteroatoms. The molecule has 0 saturated heterocycles. The highest BCUT2D eigenvalue weighted by Crippen LogP contribution is 2.43. The summed E-state index contributed by atoms with van der Waals surface area (Å²) in [4.78, 5) is 21.2. The van der Waals surface area contributed by atoms with E-state index in [9.17, 15) is 0 Å². The van der Waals surface area contributed by atoms with Crippen LogP contribution in [0.15, 0.2) is 194 Å². The Bertz CT molecular complexity index is 3280. The van der Waals surface area contributed by atoms with Crippen molar-refractivity contribution in [2.24, 2.45) is 0 Å². The van der Waals surface area contributed by atoms with Crippen molar-refractivity contribution >= 4 is 55.4 Å². The molecule has 0 radical (unpaired) electrons. The van der Waals surface area contributed by atoms with Gasteiger partial charge < -0.3 is 0 Å². The fourth-order valence-electron chi connectivity index (χ4n) is 10.4. The van der Waals surface area contributed by atoms with E-state index in [0.29, 0.717) is 11.6 Å². The molecule has 11 aromatic rings. The number of hydrogen-bond donors (Lipinski definition) is 0. The van der Waals surface area contributed by atoms with Crippen molar-refractivity contribution in [2.75, 3.05) is 0 Å². The number of aryl methyl sites for hydroxylation is 3. The molecule has 2 aromatic heterocycles. The lowest BCUT2D eigenvalue weighted by Crippen LogP contribution is -2.55. The van der Waals surface area contributed by atoms with Crippen molar-refractivity contribution in [3.05, 3.63) is 211 Å². The first-order chi connectivity index (χ1) is 31.5. The lowest BCUT2D eigenvalue weighted by molar-refractivity contribution is 1.18. The minimum atomic E-state index is 0.00418. The second-order valence-corrected chi connectivity index (χ2v) is 17.1. The van der Waals surface area contributed by atoms with E-state index < -0.39 is 0 Å². The Labute approximate surface area is 373 Å². The van der Waals surface area contributed by atoms with E-state index >= 15 is 0 Å². The average molecular weight is 817 g/mol. The third-order valence-corrected chi connectivity index (χ3v) is 13.0. The average Bonchev–Trinajstić information content (AvgIpc) is 3.35. The molecule has 300 valence electrons. The van der Waals surface area contributed by atoms with Crippen LogP contribution in [-0.4, -0.2) is 26.6 Å². The largest absolute Gasteiger partial charge is 0.243 e. The SMILES string of the molecule is Cc1cc(C)c(B2c3cccc4c(-c5cc(-c6ccccc6)nc(-c6ccccc6)n5)cc5cc(-c6cc(-c7ccccc7)nc(-c7ccccc7)n6)c6cccc2c6c5c34)c(C)c1. The molecule has 0 N–H and O–H groups in total. The number of benzene rings is 9. The lowest BCUT2D eigenvalue weighted by atomic mass is 9.33.